The molecule has 6 heterocycles. The second-order valence-electron chi connectivity index (χ2n) is 9.86. The van der Waals surface area contributed by atoms with Crippen LogP contribution < -0.4 is 11.3 Å². The number of nitrogens with zero attached hydrogens (tertiary/aromatic N) is 7. The molecule has 0 bridgehead atoms. The number of fused-ring (bicyclic) bond motifs is 3. The predicted molar refractivity (Wildman–Crippen MR) is 144 cm³/mol. The zero-order valence-corrected chi connectivity index (χ0v) is 23.2. The van der Waals surface area contributed by atoms with Crippen molar-refractivity contribution in [1.82, 2.24) is 33.5 Å². The zero-order chi connectivity index (χ0) is 28.8. The van der Waals surface area contributed by atoms with E-state index in [2.05, 4.69) is 19.9 Å². The summed E-state index contributed by atoms with van der Waals surface area (Å²) >= 11 is 6.37. The quantitative estimate of drug-likeness (QED) is 0.120. The molecule has 4 aromatic heterocycles. The van der Waals surface area contributed by atoms with Crippen molar-refractivity contribution in [2.45, 2.75) is 53.0 Å². The molecule has 3 aliphatic rings. The molecule has 10 atom stereocenters. The van der Waals surface area contributed by atoms with Crippen molar-refractivity contribution in [3.05, 3.63) is 47.7 Å². The minimum absolute atomic E-state index is 0.166. The summed E-state index contributed by atoms with van der Waals surface area (Å²) in [7, 11) is 0. The molecule has 7 N–H and O–H groups in total. The standard InChI is InChI=1S/C21H23N8O9PS2/c22-16-10-17(25-6-24-16)29(7-26-10)19-12(32)11(31)8(41-19)5-36-39(35,40)38-15-18(37-14-13(33)21(14,15)34)28-3-1-9(30)27-4-2-23-20(27)28/h1-4,6-8,11-15,18-19,31-34H,5H2,(H,35,40)(H2,22,24,25)/t8-,11-,12-,13?,14-,15+,18-,19-,21-,39?/m1/s1. The highest BCUT2D eigenvalue weighted by molar-refractivity contribution is 8.07. The van der Waals surface area contributed by atoms with Crippen molar-refractivity contribution >= 4 is 53.0 Å². The summed E-state index contributed by atoms with van der Waals surface area (Å²) < 4.78 is 21.3. The van der Waals surface area contributed by atoms with Gasteiger partial charge in [0.1, 0.15) is 41.6 Å². The van der Waals surface area contributed by atoms with E-state index in [0.717, 1.165) is 11.8 Å². The topological polar surface area (TPSA) is 238 Å². The van der Waals surface area contributed by atoms with Crippen LogP contribution >= 0.6 is 18.5 Å². The van der Waals surface area contributed by atoms with Crippen molar-refractivity contribution in [2.75, 3.05) is 12.3 Å². The van der Waals surface area contributed by atoms with Crippen molar-refractivity contribution < 1.29 is 39.1 Å². The number of hydrogen-bond acceptors (Lipinski definition) is 15. The Balaban J connectivity index is 1.09. The lowest BCUT2D eigenvalue weighted by Gasteiger charge is -2.30. The van der Waals surface area contributed by atoms with Gasteiger partial charge in [0.2, 0.25) is 5.78 Å². The molecule has 4 aromatic rings. The van der Waals surface area contributed by atoms with Crippen LogP contribution in [0.25, 0.3) is 16.9 Å². The summed E-state index contributed by atoms with van der Waals surface area (Å²) in [6, 6.07) is 1.26. The van der Waals surface area contributed by atoms with Gasteiger partial charge in [0.15, 0.2) is 23.3 Å². The number of thioether (sulfide) groups is 1. The number of aliphatic hydroxyl groups excluding tert-OH is 3. The highest BCUT2D eigenvalue weighted by Crippen LogP contribution is 2.60. The monoisotopic (exact) mass is 626 g/mol. The molecule has 0 radical (unpaired) electrons. The maximum atomic E-state index is 12.2. The molecule has 3 fully saturated rings. The fraction of sp³-hybridized carbons (Fsp3) is 0.476. The normalized spacial score (nSPS) is 36.1. The van der Waals surface area contributed by atoms with E-state index < -0.39 is 59.7 Å². The van der Waals surface area contributed by atoms with E-state index in [1.165, 1.54) is 46.3 Å². The van der Waals surface area contributed by atoms with Crippen LogP contribution in [-0.2, 0) is 25.6 Å². The summed E-state index contributed by atoms with van der Waals surface area (Å²) in [6.45, 7) is -4.47. The van der Waals surface area contributed by atoms with Crippen LogP contribution in [0.3, 0.4) is 0 Å². The Kier molecular flexibility index (Phi) is 6.31. The van der Waals surface area contributed by atoms with E-state index in [9.17, 15) is 30.1 Å². The first-order valence-electron chi connectivity index (χ1n) is 12.2. The summed E-state index contributed by atoms with van der Waals surface area (Å²) in [5, 5.41) is 41.4. The molecule has 7 rings (SSSR count). The number of imidazole rings is 2. The average molecular weight is 627 g/mol. The van der Waals surface area contributed by atoms with Gasteiger partial charge in [-0.05, 0) is 11.8 Å². The average Bonchev–Trinajstić information content (AvgIpc) is 3.52. The SMILES string of the molecule is Nc1ncnc2c1ncn2[C@@H]1S[C@H](COP(O)(=S)O[C@H]2[C@H](n3ccc(=O)n4ccnc34)O[C@@H]3C(O)[C@@]32O)[C@@H](O)[C@H]1O. The highest BCUT2D eigenvalue weighted by Gasteiger charge is 2.78. The van der Waals surface area contributed by atoms with Crippen molar-refractivity contribution in [2.24, 2.45) is 0 Å². The molecule has 0 spiro atoms. The first-order chi connectivity index (χ1) is 19.5. The Morgan fingerprint density at radius 1 is 1.17 bits per heavy atom. The van der Waals surface area contributed by atoms with Crippen LogP contribution in [0, 0.1) is 0 Å². The van der Waals surface area contributed by atoms with Crippen molar-refractivity contribution in [1.29, 1.82) is 0 Å². The van der Waals surface area contributed by atoms with Gasteiger partial charge in [-0.15, -0.1) is 11.8 Å². The maximum Gasteiger partial charge on any atom is 0.325 e. The van der Waals surface area contributed by atoms with Crippen LogP contribution in [0.1, 0.15) is 11.6 Å². The molecule has 20 heteroatoms. The van der Waals surface area contributed by atoms with E-state index in [0.29, 0.717) is 11.2 Å². The van der Waals surface area contributed by atoms with E-state index >= 15 is 0 Å². The third-order valence-corrected chi connectivity index (χ3v) is 10.6. The van der Waals surface area contributed by atoms with Crippen molar-refractivity contribution in [3.8, 4) is 0 Å². The lowest BCUT2D eigenvalue weighted by molar-refractivity contribution is -0.0886. The van der Waals surface area contributed by atoms with E-state index in [1.54, 1.807) is 4.57 Å². The molecule has 0 amide bonds. The Hall–Kier alpha value is -2.55. The van der Waals surface area contributed by atoms with E-state index in [1.807, 2.05) is 0 Å². The largest absolute Gasteiger partial charge is 0.389 e. The zero-order valence-electron chi connectivity index (χ0n) is 20.6. The third kappa shape index (κ3) is 4.15. The van der Waals surface area contributed by atoms with Crippen LogP contribution in [-0.4, -0.2) is 107 Å². The van der Waals surface area contributed by atoms with Crippen molar-refractivity contribution in [3.63, 3.8) is 0 Å². The Bertz CT molecular complexity index is 1770. The number of nitrogen functional groups attached to an aromatic ring is 1. The van der Waals surface area contributed by atoms with Gasteiger partial charge >= 0.3 is 6.72 Å². The van der Waals surface area contributed by atoms with Gasteiger partial charge in [0, 0.05) is 24.7 Å². The molecular formula is C21H23N8O9PS2. The van der Waals surface area contributed by atoms with Gasteiger partial charge in [0.25, 0.3) is 5.56 Å². The number of hydrogen-bond donors (Lipinski definition) is 6. The molecule has 41 heavy (non-hydrogen) atoms. The molecule has 1 saturated carbocycles. The molecule has 218 valence electrons. The second kappa shape index (κ2) is 9.48. The number of aromatic nitrogens is 7. The minimum atomic E-state index is -4.14. The van der Waals surface area contributed by atoms with Crippen LogP contribution in [0.4, 0.5) is 5.82 Å². The Morgan fingerprint density at radius 2 is 1.98 bits per heavy atom. The fourth-order valence-electron chi connectivity index (χ4n) is 5.30. The lowest BCUT2D eigenvalue weighted by Crippen LogP contribution is -2.39. The first-order valence-corrected chi connectivity index (χ1v) is 15.7. The third-order valence-electron chi connectivity index (χ3n) is 7.50. The first kappa shape index (κ1) is 27.3. The number of anilines is 1. The molecule has 2 aliphatic heterocycles. The number of rotatable bonds is 7. The Morgan fingerprint density at radius 3 is 2.78 bits per heavy atom. The van der Waals surface area contributed by atoms with Crippen LogP contribution in [0.15, 0.2) is 42.1 Å². The molecule has 2 saturated heterocycles. The molecule has 17 nitrogen and oxygen atoms in total. The summed E-state index contributed by atoms with van der Waals surface area (Å²) in [6.07, 6.45) is -0.475. The lowest BCUT2D eigenvalue weighted by atomic mass is 10.1. The number of nitrogens with two attached hydrogens (primary N) is 1. The summed E-state index contributed by atoms with van der Waals surface area (Å²) in [5.41, 5.74) is 4.31. The smallest absolute Gasteiger partial charge is 0.325 e. The van der Waals surface area contributed by atoms with Gasteiger partial charge in [-0.1, -0.05) is 0 Å². The second-order valence-corrected chi connectivity index (χ2v) is 14.0. The summed E-state index contributed by atoms with van der Waals surface area (Å²) in [4.78, 5) is 39.5. The van der Waals surface area contributed by atoms with Gasteiger partial charge in [-0.25, -0.2) is 19.9 Å². The predicted octanol–water partition coefficient (Wildman–Crippen LogP) is -2.12. The fourth-order valence-corrected chi connectivity index (χ4v) is 8.26. The minimum Gasteiger partial charge on any atom is -0.389 e. The Labute approximate surface area is 238 Å². The van der Waals surface area contributed by atoms with E-state index in [-0.39, 0.29) is 23.8 Å². The molecular weight excluding hydrogens is 603 g/mol. The molecule has 2 unspecified atom stereocenters. The molecule has 0 aromatic carbocycles. The summed E-state index contributed by atoms with van der Waals surface area (Å²) in [5.74, 6) is 0.339. The van der Waals surface area contributed by atoms with Gasteiger partial charge in [-0.3, -0.25) is 22.9 Å². The number of aliphatic hydroxyl groups is 4. The van der Waals surface area contributed by atoms with E-state index in [4.69, 9.17) is 31.3 Å². The number of ether oxygens (including phenoxy) is 1. The van der Waals surface area contributed by atoms with Gasteiger partial charge in [-0.2, -0.15) is 0 Å². The molecule has 1 aliphatic carbocycles. The maximum absolute atomic E-state index is 12.2. The van der Waals surface area contributed by atoms with Gasteiger partial charge < -0.3 is 40.3 Å². The van der Waals surface area contributed by atoms with Crippen LogP contribution in [0.5, 0.6) is 0 Å². The van der Waals surface area contributed by atoms with Gasteiger partial charge in [0.05, 0.1) is 24.3 Å². The van der Waals surface area contributed by atoms with Crippen LogP contribution in [0.2, 0.25) is 0 Å². The highest BCUT2D eigenvalue weighted by atomic mass is 32.5.